The number of phenols is 2. The first-order chi connectivity index (χ1) is 7.18. The lowest BCUT2D eigenvalue weighted by atomic mass is 10.2. The highest BCUT2D eigenvalue weighted by molar-refractivity contribution is 5.83. The van der Waals surface area contributed by atoms with Crippen LogP contribution in [0.15, 0.2) is 18.5 Å². The average Bonchev–Trinajstić information content (AvgIpc) is 2.24. The molecule has 1 heterocycles. The van der Waals surface area contributed by atoms with Gasteiger partial charge in [0.25, 0.3) is 0 Å². The van der Waals surface area contributed by atoms with E-state index < -0.39 is 0 Å². The number of benzene rings is 1. The fraction of sp³-hybridized carbons (Fsp3) is 0.273. The van der Waals surface area contributed by atoms with E-state index in [2.05, 4.69) is 9.97 Å². The largest absolute Gasteiger partial charge is 0.504 e. The van der Waals surface area contributed by atoms with Crippen LogP contribution in [-0.4, -0.2) is 20.2 Å². The van der Waals surface area contributed by atoms with Gasteiger partial charge in [0.15, 0.2) is 11.5 Å². The van der Waals surface area contributed by atoms with E-state index in [9.17, 15) is 10.2 Å². The van der Waals surface area contributed by atoms with Gasteiger partial charge >= 0.3 is 0 Å². The number of aromatic nitrogens is 2. The summed E-state index contributed by atoms with van der Waals surface area (Å²) in [6.45, 7) is 5.82. The van der Waals surface area contributed by atoms with Crippen molar-refractivity contribution in [2.75, 3.05) is 0 Å². The third kappa shape index (κ3) is 2.15. The number of nitrogens with zero attached hydrogens (tertiary/aromatic N) is 2. The van der Waals surface area contributed by atoms with Crippen molar-refractivity contribution in [1.29, 1.82) is 0 Å². The van der Waals surface area contributed by atoms with Gasteiger partial charge in [-0.15, -0.1) is 0 Å². The van der Waals surface area contributed by atoms with E-state index in [1.807, 2.05) is 20.8 Å². The Morgan fingerprint density at radius 1 is 1.00 bits per heavy atom. The lowest BCUT2D eigenvalue weighted by molar-refractivity contribution is 0.404. The molecule has 0 unspecified atom stereocenters. The summed E-state index contributed by atoms with van der Waals surface area (Å²) >= 11 is 0. The minimum Gasteiger partial charge on any atom is -0.504 e. The van der Waals surface area contributed by atoms with E-state index in [4.69, 9.17) is 0 Å². The van der Waals surface area contributed by atoms with Crippen LogP contribution in [0.1, 0.15) is 19.5 Å². The SMILES string of the molecule is CC.Cc1ncnc2cc(O)c(O)cc12. The number of rotatable bonds is 0. The van der Waals surface area contributed by atoms with E-state index in [0.717, 1.165) is 11.1 Å². The Balaban J connectivity index is 0.000000531. The maximum atomic E-state index is 9.24. The lowest BCUT2D eigenvalue weighted by Crippen LogP contribution is -1.86. The molecule has 0 aliphatic carbocycles. The van der Waals surface area contributed by atoms with Crippen molar-refractivity contribution in [3.63, 3.8) is 0 Å². The van der Waals surface area contributed by atoms with Crippen LogP contribution in [0, 0.1) is 6.92 Å². The standard InChI is InChI=1S/C9H8N2O2.C2H6/c1-5-6-2-8(12)9(13)3-7(6)11-4-10-5;1-2/h2-4,12-13H,1H3;1-2H3. The summed E-state index contributed by atoms with van der Waals surface area (Å²) in [5.41, 5.74) is 1.41. The van der Waals surface area contributed by atoms with Crippen LogP contribution in [0.3, 0.4) is 0 Å². The zero-order valence-electron chi connectivity index (χ0n) is 9.02. The molecular formula is C11H14N2O2. The highest BCUT2D eigenvalue weighted by Gasteiger charge is 2.04. The van der Waals surface area contributed by atoms with Crippen molar-refractivity contribution < 1.29 is 10.2 Å². The van der Waals surface area contributed by atoms with Crippen LogP contribution in [0.25, 0.3) is 10.9 Å². The third-order valence-corrected chi connectivity index (χ3v) is 1.93. The highest BCUT2D eigenvalue weighted by Crippen LogP contribution is 2.29. The number of fused-ring (bicyclic) bond motifs is 1. The summed E-state index contributed by atoms with van der Waals surface area (Å²) in [4.78, 5) is 7.94. The summed E-state index contributed by atoms with van der Waals surface area (Å²) in [7, 11) is 0. The van der Waals surface area contributed by atoms with Crippen LogP contribution in [0.4, 0.5) is 0 Å². The van der Waals surface area contributed by atoms with Gasteiger partial charge in [0, 0.05) is 17.1 Å². The number of aromatic hydroxyl groups is 2. The molecule has 0 aliphatic rings. The van der Waals surface area contributed by atoms with Gasteiger partial charge in [-0.25, -0.2) is 9.97 Å². The predicted molar refractivity (Wildman–Crippen MR) is 59.0 cm³/mol. The Morgan fingerprint density at radius 2 is 1.60 bits per heavy atom. The molecule has 2 N–H and O–H groups in total. The number of hydrogen-bond acceptors (Lipinski definition) is 4. The molecule has 0 spiro atoms. The smallest absolute Gasteiger partial charge is 0.159 e. The molecule has 1 aromatic heterocycles. The lowest BCUT2D eigenvalue weighted by Gasteiger charge is -2.02. The van der Waals surface area contributed by atoms with E-state index >= 15 is 0 Å². The molecule has 4 nitrogen and oxygen atoms in total. The molecule has 1 aromatic carbocycles. The molecular weight excluding hydrogens is 192 g/mol. The fourth-order valence-corrected chi connectivity index (χ4v) is 1.21. The van der Waals surface area contributed by atoms with Crippen molar-refractivity contribution in [3.8, 4) is 11.5 Å². The molecule has 4 heteroatoms. The molecule has 15 heavy (non-hydrogen) atoms. The molecule has 2 aromatic rings. The van der Waals surface area contributed by atoms with Crippen molar-refractivity contribution in [2.24, 2.45) is 0 Å². The zero-order valence-corrected chi connectivity index (χ0v) is 9.02. The average molecular weight is 206 g/mol. The summed E-state index contributed by atoms with van der Waals surface area (Å²) < 4.78 is 0. The van der Waals surface area contributed by atoms with Crippen LogP contribution in [0.2, 0.25) is 0 Å². The molecule has 0 fully saturated rings. The molecule has 0 saturated carbocycles. The highest BCUT2D eigenvalue weighted by atomic mass is 16.3. The molecule has 80 valence electrons. The number of aryl methyl sites for hydroxylation is 1. The Kier molecular flexibility index (Phi) is 3.44. The second kappa shape index (κ2) is 4.59. The Hall–Kier alpha value is -1.84. The van der Waals surface area contributed by atoms with Crippen LogP contribution >= 0.6 is 0 Å². The first-order valence-electron chi connectivity index (χ1n) is 4.82. The van der Waals surface area contributed by atoms with Gasteiger partial charge in [0.05, 0.1) is 5.52 Å². The minimum absolute atomic E-state index is 0.148. The van der Waals surface area contributed by atoms with Gasteiger partial charge in [0.1, 0.15) is 6.33 Å². The molecule has 0 aliphatic heterocycles. The summed E-state index contributed by atoms with van der Waals surface area (Å²) in [6, 6.07) is 2.87. The first kappa shape index (κ1) is 11.2. The summed E-state index contributed by atoms with van der Waals surface area (Å²) in [6.07, 6.45) is 1.42. The van der Waals surface area contributed by atoms with Crippen molar-refractivity contribution in [3.05, 3.63) is 24.2 Å². The minimum atomic E-state index is -0.161. The van der Waals surface area contributed by atoms with Gasteiger partial charge in [-0.05, 0) is 13.0 Å². The van der Waals surface area contributed by atoms with E-state index in [1.54, 1.807) is 0 Å². The Labute approximate surface area is 88.2 Å². The topological polar surface area (TPSA) is 66.2 Å². The van der Waals surface area contributed by atoms with Gasteiger partial charge < -0.3 is 10.2 Å². The zero-order chi connectivity index (χ0) is 11.4. The van der Waals surface area contributed by atoms with E-state index in [-0.39, 0.29) is 11.5 Å². The number of phenolic OH excluding ortho intramolecular Hbond substituents is 2. The van der Waals surface area contributed by atoms with Crippen molar-refractivity contribution in [2.45, 2.75) is 20.8 Å². The van der Waals surface area contributed by atoms with Gasteiger partial charge in [-0.3, -0.25) is 0 Å². The second-order valence-corrected chi connectivity index (χ2v) is 2.82. The molecule has 0 atom stereocenters. The monoisotopic (exact) mass is 206 g/mol. The van der Waals surface area contributed by atoms with Crippen molar-refractivity contribution >= 4 is 10.9 Å². The Bertz CT molecular complexity index is 469. The van der Waals surface area contributed by atoms with Crippen LogP contribution in [0.5, 0.6) is 11.5 Å². The van der Waals surface area contributed by atoms with Crippen LogP contribution < -0.4 is 0 Å². The predicted octanol–water partition coefficient (Wildman–Crippen LogP) is 2.38. The second-order valence-electron chi connectivity index (χ2n) is 2.82. The quantitative estimate of drug-likeness (QED) is 0.649. The molecule has 2 rings (SSSR count). The third-order valence-electron chi connectivity index (χ3n) is 1.93. The molecule has 0 amide bonds. The van der Waals surface area contributed by atoms with Crippen LogP contribution in [-0.2, 0) is 0 Å². The van der Waals surface area contributed by atoms with E-state index in [0.29, 0.717) is 5.52 Å². The maximum absolute atomic E-state index is 9.24. The normalized spacial score (nSPS) is 9.53. The molecule has 0 radical (unpaired) electrons. The van der Waals surface area contributed by atoms with Gasteiger partial charge in [-0.2, -0.15) is 0 Å². The summed E-state index contributed by atoms with van der Waals surface area (Å²) in [5.74, 6) is -0.309. The fourth-order valence-electron chi connectivity index (χ4n) is 1.21. The first-order valence-corrected chi connectivity index (χ1v) is 4.82. The van der Waals surface area contributed by atoms with Gasteiger partial charge in [0.2, 0.25) is 0 Å². The van der Waals surface area contributed by atoms with Gasteiger partial charge in [-0.1, -0.05) is 13.8 Å². The molecule has 0 saturated heterocycles. The number of hydrogen-bond donors (Lipinski definition) is 2. The summed E-state index contributed by atoms with van der Waals surface area (Å²) in [5, 5.41) is 19.2. The van der Waals surface area contributed by atoms with E-state index in [1.165, 1.54) is 18.5 Å². The van der Waals surface area contributed by atoms with Crippen molar-refractivity contribution in [1.82, 2.24) is 9.97 Å². The molecule has 0 bridgehead atoms. The Morgan fingerprint density at radius 3 is 2.27 bits per heavy atom. The maximum Gasteiger partial charge on any atom is 0.159 e.